The number of hydrogen-bond acceptors (Lipinski definition) is 4. The highest BCUT2D eigenvalue weighted by atomic mass is 35.5. The molecular formula is C12H15ClN4O. The van der Waals surface area contributed by atoms with Gasteiger partial charge in [-0.2, -0.15) is 15.4 Å². The Hall–Kier alpha value is -1.59. The Morgan fingerprint density at radius 3 is 2.94 bits per heavy atom. The van der Waals surface area contributed by atoms with Crippen LogP contribution in [0.25, 0.3) is 0 Å². The van der Waals surface area contributed by atoms with Crippen LogP contribution < -0.4 is 10.1 Å². The lowest BCUT2D eigenvalue weighted by Gasteiger charge is -2.15. The van der Waals surface area contributed by atoms with Crippen molar-refractivity contribution < 1.29 is 4.74 Å². The van der Waals surface area contributed by atoms with Crippen molar-refractivity contribution in [2.75, 3.05) is 14.2 Å². The molecule has 2 N–H and O–H groups in total. The fourth-order valence-electron chi connectivity index (χ4n) is 1.86. The molecule has 1 unspecified atom stereocenters. The van der Waals surface area contributed by atoms with Crippen molar-refractivity contribution in [1.29, 1.82) is 0 Å². The summed E-state index contributed by atoms with van der Waals surface area (Å²) in [6, 6.07) is 5.66. The van der Waals surface area contributed by atoms with Crippen LogP contribution in [0.2, 0.25) is 5.02 Å². The predicted molar refractivity (Wildman–Crippen MR) is 69.9 cm³/mol. The summed E-state index contributed by atoms with van der Waals surface area (Å²) in [7, 11) is 3.54. The molecule has 1 aromatic heterocycles. The average Bonchev–Trinajstić information content (AvgIpc) is 2.90. The van der Waals surface area contributed by atoms with Crippen molar-refractivity contribution in [3.05, 3.63) is 40.7 Å². The molecule has 0 radical (unpaired) electrons. The molecule has 18 heavy (non-hydrogen) atoms. The molecule has 0 aliphatic carbocycles. The van der Waals surface area contributed by atoms with E-state index < -0.39 is 0 Å². The summed E-state index contributed by atoms with van der Waals surface area (Å²) >= 11 is 6.02. The summed E-state index contributed by atoms with van der Waals surface area (Å²) in [4.78, 5) is 0. The number of aromatic nitrogens is 3. The Morgan fingerprint density at radius 1 is 1.50 bits per heavy atom. The average molecular weight is 267 g/mol. The monoisotopic (exact) mass is 266 g/mol. The van der Waals surface area contributed by atoms with Crippen molar-refractivity contribution in [3.8, 4) is 5.75 Å². The number of hydrogen-bond donors (Lipinski definition) is 2. The maximum absolute atomic E-state index is 6.02. The van der Waals surface area contributed by atoms with Crippen LogP contribution in [0.1, 0.15) is 17.3 Å². The third-order valence-corrected chi connectivity index (χ3v) is 3.04. The molecule has 0 fully saturated rings. The van der Waals surface area contributed by atoms with Gasteiger partial charge in [-0.1, -0.05) is 11.6 Å². The van der Waals surface area contributed by atoms with Gasteiger partial charge in [-0.05, 0) is 37.2 Å². The van der Waals surface area contributed by atoms with E-state index in [2.05, 4.69) is 20.7 Å². The Bertz CT molecular complexity index is 501. The number of nitrogens with zero attached hydrogens (tertiary/aromatic N) is 2. The van der Waals surface area contributed by atoms with Gasteiger partial charge in [0.2, 0.25) is 0 Å². The molecule has 0 saturated carbocycles. The zero-order valence-corrected chi connectivity index (χ0v) is 11.0. The van der Waals surface area contributed by atoms with Crippen molar-refractivity contribution in [2.24, 2.45) is 0 Å². The predicted octanol–water partition coefficient (Wildman–Crippen LogP) is 1.97. The first-order chi connectivity index (χ1) is 8.74. The summed E-state index contributed by atoms with van der Waals surface area (Å²) < 4.78 is 5.33. The van der Waals surface area contributed by atoms with Crippen LogP contribution in [-0.4, -0.2) is 29.6 Å². The summed E-state index contributed by atoms with van der Waals surface area (Å²) in [6.07, 6.45) is 2.44. The van der Waals surface area contributed by atoms with Crippen molar-refractivity contribution in [3.63, 3.8) is 0 Å². The van der Waals surface area contributed by atoms with Crippen LogP contribution in [0.5, 0.6) is 5.75 Å². The Balaban J connectivity index is 2.24. The molecule has 2 aromatic rings. The summed E-state index contributed by atoms with van der Waals surface area (Å²) in [5, 5.41) is 14.4. The zero-order chi connectivity index (χ0) is 13.0. The van der Waals surface area contributed by atoms with Crippen LogP contribution in [0, 0.1) is 0 Å². The minimum Gasteiger partial charge on any atom is -0.496 e. The van der Waals surface area contributed by atoms with E-state index in [9.17, 15) is 0 Å². The van der Waals surface area contributed by atoms with Gasteiger partial charge in [-0.15, -0.1) is 0 Å². The number of likely N-dealkylation sites (N-methyl/N-ethyl adjacent to an activating group) is 1. The van der Waals surface area contributed by atoms with E-state index in [1.54, 1.807) is 13.3 Å². The molecule has 0 bridgehead atoms. The van der Waals surface area contributed by atoms with E-state index in [0.717, 1.165) is 23.4 Å². The van der Waals surface area contributed by atoms with Gasteiger partial charge in [0.15, 0.2) is 0 Å². The van der Waals surface area contributed by atoms with Crippen LogP contribution in [0.15, 0.2) is 24.4 Å². The Labute approximate surface area is 111 Å². The summed E-state index contributed by atoms with van der Waals surface area (Å²) in [5.74, 6) is 0.822. The smallest absolute Gasteiger partial charge is 0.122 e. The number of halogens is 1. The van der Waals surface area contributed by atoms with E-state index in [1.807, 2.05) is 25.2 Å². The quantitative estimate of drug-likeness (QED) is 0.869. The number of rotatable bonds is 5. The third-order valence-electron chi connectivity index (χ3n) is 2.81. The lowest BCUT2D eigenvalue weighted by atomic mass is 10.0. The van der Waals surface area contributed by atoms with Crippen LogP contribution in [0.4, 0.5) is 0 Å². The lowest BCUT2D eigenvalue weighted by Crippen LogP contribution is -2.19. The van der Waals surface area contributed by atoms with Gasteiger partial charge in [0.1, 0.15) is 5.75 Å². The Morgan fingerprint density at radius 2 is 2.33 bits per heavy atom. The molecule has 1 heterocycles. The number of aromatic amines is 1. The van der Waals surface area contributed by atoms with Gasteiger partial charge in [0.05, 0.1) is 25.0 Å². The second-order valence-corrected chi connectivity index (χ2v) is 4.33. The minimum atomic E-state index is 0.0658. The first kappa shape index (κ1) is 12.9. The van der Waals surface area contributed by atoms with Gasteiger partial charge in [-0.25, -0.2) is 0 Å². The molecule has 0 saturated heterocycles. The molecule has 0 amide bonds. The van der Waals surface area contributed by atoms with Gasteiger partial charge in [0, 0.05) is 5.02 Å². The highest BCUT2D eigenvalue weighted by Gasteiger charge is 2.15. The second-order valence-electron chi connectivity index (χ2n) is 3.90. The molecular weight excluding hydrogens is 252 g/mol. The minimum absolute atomic E-state index is 0.0658. The fraction of sp³-hybridized carbons (Fsp3) is 0.333. The number of benzene rings is 1. The maximum atomic E-state index is 6.02. The van der Waals surface area contributed by atoms with Gasteiger partial charge >= 0.3 is 0 Å². The van der Waals surface area contributed by atoms with E-state index in [-0.39, 0.29) is 6.04 Å². The fourth-order valence-corrected chi connectivity index (χ4v) is 2.05. The van der Waals surface area contributed by atoms with Crippen LogP contribution in [-0.2, 0) is 6.42 Å². The van der Waals surface area contributed by atoms with Gasteiger partial charge in [-0.3, -0.25) is 0 Å². The zero-order valence-electron chi connectivity index (χ0n) is 10.3. The van der Waals surface area contributed by atoms with E-state index >= 15 is 0 Å². The summed E-state index contributed by atoms with van der Waals surface area (Å²) in [6.45, 7) is 0. The molecule has 1 atom stereocenters. The van der Waals surface area contributed by atoms with Crippen LogP contribution >= 0.6 is 11.6 Å². The van der Waals surface area contributed by atoms with Crippen molar-refractivity contribution in [1.82, 2.24) is 20.7 Å². The van der Waals surface area contributed by atoms with Crippen LogP contribution in [0.3, 0.4) is 0 Å². The molecule has 5 nitrogen and oxygen atoms in total. The topological polar surface area (TPSA) is 62.8 Å². The molecule has 96 valence electrons. The van der Waals surface area contributed by atoms with Gasteiger partial charge < -0.3 is 10.1 Å². The van der Waals surface area contributed by atoms with Crippen molar-refractivity contribution >= 4 is 11.6 Å². The number of ether oxygens (including phenoxy) is 1. The number of methoxy groups -OCH3 is 1. The van der Waals surface area contributed by atoms with E-state index in [4.69, 9.17) is 16.3 Å². The molecule has 0 spiro atoms. The molecule has 0 aliphatic heterocycles. The SMILES string of the molecule is CNC(Cc1cc(Cl)ccc1OC)c1cn[nH]n1. The second kappa shape index (κ2) is 5.84. The maximum Gasteiger partial charge on any atom is 0.122 e. The highest BCUT2D eigenvalue weighted by molar-refractivity contribution is 6.30. The first-order valence-corrected chi connectivity index (χ1v) is 5.97. The summed E-state index contributed by atoms with van der Waals surface area (Å²) in [5.41, 5.74) is 1.90. The lowest BCUT2D eigenvalue weighted by molar-refractivity contribution is 0.406. The first-order valence-electron chi connectivity index (χ1n) is 5.60. The molecule has 0 aliphatic rings. The number of nitrogens with one attached hydrogen (secondary N) is 2. The number of H-pyrrole nitrogens is 1. The molecule has 2 rings (SSSR count). The van der Waals surface area contributed by atoms with Gasteiger partial charge in [0.25, 0.3) is 0 Å². The standard InChI is InChI=1S/C12H15ClN4O/c1-14-10(11-7-15-17-16-11)6-8-5-9(13)3-4-12(8)18-2/h3-5,7,10,14H,6H2,1-2H3,(H,15,16,17). The highest BCUT2D eigenvalue weighted by Crippen LogP contribution is 2.26. The Kier molecular flexibility index (Phi) is 4.17. The largest absolute Gasteiger partial charge is 0.496 e. The van der Waals surface area contributed by atoms with E-state index in [1.165, 1.54) is 0 Å². The van der Waals surface area contributed by atoms with E-state index in [0.29, 0.717) is 5.02 Å². The molecule has 6 heteroatoms. The van der Waals surface area contributed by atoms with Crippen molar-refractivity contribution in [2.45, 2.75) is 12.5 Å². The third kappa shape index (κ3) is 2.80. The normalized spacial score (nSPS) is 12.4. The molecule has 1 aromatic carbocycles.